The molecule has 0 aliphatic rings. The predicted molar refractivity (Wildman–Crippen MR) is 235 cm³/mol. The molecule has 55 heavy (non-hydrogen) atoms. The maximum absolute atomic E-state index is 11.5. The van der Waals surface area contributed by atoms with E-state index in [1.807, 2.05) is 30.3 Å². The van der Waals surface area contributed by atoms with Crippen LogP contribution in [0.1, 0.15) is 73.0 Å². The molecule has 0 fully saturated rings. The minimum absolute atomic E-state index is 0.111. The monoisotopic (exact) mass is 838 g/mol. The lowest BCUT2D eigenvalue weighted by molar-refractivity contribution is -0.142. The predicted octanol–water partition coefficient (Wildman–Crippen LogP) is 10.7. The Morgan fingerprint density at radius 1 is 0.673 bits per heavy atom. The summed E-state index contributed by atoms with van der Waals surface area (Å²) >= 11 is 0. The molecule has 0 saturated carbocycles. The Morgan fingerprint density at radius 3 is 1.42 bits per heavy atom. The maximum atomic E-state index is 11.5. The maximum Gasteiger partial charge on any atom is 0.647 e. The molecule has 2 unspecified atom stereocenters. The van der Waals surface area contributed by atoms with Crippen LogP contribution in [0.3, 0.4) is 0 Å². The number of hydrogen-bond donors (Lipinski definition) is 0. The molecule has 314 valence electrons. The van der Waals surface area contributed by atoms with Gasteiger partial charge in [-0.2, -0.15) is 0 Å². The van der Waals surface area contributed by atoms with Gasteiger partial charge >= 0.3 is 27.0 Å². The summed E-state index contributed by atoms with van der Waals surface area (Å²) in [4.78, 5) is 33.9. The lowest BCUT2D eigenvalue weighted by Gasteiger charge is -2.40. The van der Waals surface area contributed by atoms with Crippen LogP contribution >= 0.6 is 0 Å². The molecule has 1 aromatic carbocycles. The van der Waals surface area contributed by atoms with E-state index in [0.29, 0.717) is 34.7 Å². The first kappa shape index (κ1) is 54.4. The number of rotatable bonds is 20. The van der Waals surface area contributed by atoms with Crippen molar-refractivity contribution in [3.05, 3.63) is 85.0 Å². The van der Waals surface area contributed by atoms with E-state index < -0.39 is 52.0 Å². The third kappa shape index (κ3) is 30.2. The van der Waals surface area contributed by atoms with Gasteiger partial charge in [0.25, 0.3) is 0 Å². The van der Waals surface area contributed by atoms with Crippen molar-refractivity contribution in [3.8, 4) is 0 Å². The molecular weight excluding hydrogens is 765 g/mol. The van der Waals surface area contributed by atoms with Crippen LogP contribution in [-0.2, 0) is 45.4 Å². The van der Waals surface area contributed by atoms with E-state index in [-0.39, 0.29) is 19.2 Å². The van der Waals surface area contributed by atoms with E-state index in [1.54, 1.807) is 26.8 Å². The Hall–Kier alpha value is -2.70. The van der Waals surface area contributed by atoms with Crippen LogP contribution in [0.2, 0.25) is 58.9 Å². The third-order valence-electron chi connectivity index (χ3n) is 6.32. The van der Waals surface area contributed by atoms with Gasteiger partial charge in [0.2, 0.25) is 0 Å². The van der Waals surface area contributed by atoms with E-state index in [1.165, 1.54) is 0 Å². The highest BCUT2D eigenvalue weighted by Crippen LogP contribution is 2.27. The van der Waals surface area contributed by atoms with E-state index in [9.17, 15) is 14.4 Å². The van der Waals surface area contributed by atoms with Crippen LogP contribution in [0.25, 0.3) is 0 Å². The standard InChI is InChI=1S/C15H36O6Si4.C13H14O2.C13H24O2/c1-14(2)15(16)17-12-13-18-25(19-22(3,4)5,20-23(6,7)8)21-24(9,10)11;1-4-12(15-13(14)10(2)3)11-8-6-5-7-9-11;1-10(2)12(14)15-8-7-11(3)9-13(4,5)6/h1,12-13H2,2-11H3;4-9,12H,1-2H2,3H3;11H,1,7-9H2,2-6H3. The fraction of sp³-hybridized carbons (Fsp3) is 0.585. The van der Waals surface area contributed by atoms with E-state index in [4.69, 9.17) is 31.0 Å². The van der Waals surface area contributed by atoms with E-state index in [2.05, 4.69) is 113 Å². The van der Waals surface area contributed by atoms with Crippen molar-refractivity contribution in [1.82, 2.24) is 0 Å². The molecule has 10 nitrogen and oxygen atoms in total. The molecule has 0 heterocycles. The summed E-state index contributed by atoms with van der Waals surface area (Å²) in [6, 6.07) is 9.46. The SMILES string of the molecule is C=C(C)C(=O)OCCC(C)CC(C)(C)C.C=C(C)C(=O)OCCO[Si](O[Si](C)(C)C)(O[Si](C)(C)C)O[Si](C)(C)C.C=CC(OC(=O)C(=C)C)c1ccccc1. The molecule has 0 saturated heterocycles. The normalized spacial score (nSPS) is 13.0. The quantitative estimate of drug-likeness (QED) is 0.0314. The second-order valence-corrected chi connectivity index (χ2v) is 34.1. The van der Waals surface area contributed by atoms with Gasteiger partial charge in [0.1, 0.15) is 12.7 Å². The molecule has 0 N–H and O–H groups in total. The molecule has 1 rings (SSSR count). The zero-order valence-corrected chi connectivity index (χ0v) is 41.1. The molecule has 0 radical (unpaired) electrons. The number of carbonyl (C=O) groups is 3. The molecular formula is C41H74O10Si4. The number of hydrogen-bond acceptors (Lipinski definition) is 10. The van der Waals surface area contributed by atoms with Crippen molar-refractivity contribution in [1.29, 1.82) is 0 Å². The van der Waals surface area contributed by atoms with Gasteiger partial charge in [-0.3, -0.25) is 0 Å². The van der Waals surface area contributed by atoms with Crippen LogP contribution in [0.4, 0.5) is 0 Å². The van der Waals surface area contributed by atoms with Gasteiger partial charge in [0.15, 0.2) is 25.0 Å². The van der Waals surface area contributed by atoms with Crippen molar-refractivity contribution in [2.24, 2.45) is 11.3 Å². The fourth-order valence-corrected chi connectivity index (χ4v) is 16.1. The highest BCUT2D eigenvalue weighted by atomic mass is 28.5. The molecule has 0 amide bonds. The van der Waals surface area contributed by atoms with Gasteiger partial charge in [-0.1, -0.05) is 84.3 Å². The lowest BCUT2D eigenvalue weighted by Crippen LogP contribution is -2.62. The summed E-state index contributed by atoms with van der Waals surface area (Å²) in [5, 5.41) is 0. The Balaban J connectivity index is 0. The minimum atomic E-state index is -3.33. The molecule has 0 aromatic heterocycles. The molecule has 2 atom stereocenters. The Kier molecular flexibility index (Phi) is 24.6. The molecule has 1 aromatic rings. The van der Waals surface area contributed by atoms with E-state index >= 15 is 0 Å². The van der Waals surface area contributed by atoms with Crippen LogP contribution in [0, 0.1) is 11.3 Å². The molecule has 14 heteroatoms. The Bertz CT molecular complexity index is 1340. The Labute approximate surface area is 338 Å². The van der Waals surface area contributed by atoms with Crippen LogP contribution < -0.4 is 0 Å². The smallest absolute Gasteiger partial charge is 0.462 e. The van der Waals surface area contributed by atoms with E-state index in [0.717, 1.165) is 18.4 Å². The first-order valence-corrected chi connectivity index (χ1v) is 30.6. The number of carbonyl (C=O) groups excluding carboxylic acids is 3. The van der Waals surface area contributed by atoms with Gasteiger partial charge in [0, 0.05) is 16.7 Å². The van der Waals surface area contributed by atoms with Crippen molar-refractivity contribution < 1.29 is 45.4 Å². The molecule has 0 aliphatic heterocycles. The minimum Gasteiger partial charge on any atom is -0.462 e. The summed E-state index contributed by atoms with van der Waals surface area (Å²) in [6.07, 6.45) is 3.26. The summed E-state index contributed by atoms with van der Waals surface area (Å²) in [6.45, 7) is 47.6. The second-order valence-electron chi connectivity index (χ2n) is 17.7. The van der Waals surface area contributed by atoms with Crippen LogP contribution in [0.5, 0.6) is 0 Å². The van der Waals surface area contributed by atoms with Gasteiger partial charge in [-0.25, -0.2) is 14.4 Å². The zero-order chi connectivity index (χ0) is 43.4. The third-order valence-corrected chi connectivity index (χ3v) is 17.2. The van der Waals surface area contributed by atoms with Gasteiger partial charge in [-0.15, -0.1) is 0 Å². The van der Waals surface area contributed by atoms with Crippen molar-refractivity contribution in [2.45, 2.75) is 126 Å². The van der Waals surface area contributed by atoms with Gasteiger partial charge < -0.3 is 31.0 Å². The van der Waals surface area contributed by atoms with Crippen LogP contribution in [-0.4, -0.2) is 71.7 Å². The summed E-state index contributed by atoms with van der Waals surface area (Å²) in [5.74, 6) is -0.524. The lowest BCUT2D eigenvalue weighted by atomic mass is 9.84. The fourth-order valence-electron chi connectivity index (χ4n) is 4.43. The molecule has 0 spiro atoms. The topological polar surface area (TPSA) is 116 Å². The molecule has 0 aliphatic carbocycles. The first-order valence-electron chi connectivity index (χ1n) is 18.8. The highest BCUT2D eigenvalue weighted by molar-refractivity contribution is 6.87. The average Bonchev–Trinajstić information content (AvgIpc) is 2.99. The summed E-state index contributed by atoms with van der Waals surface area (Å²) in [5.41, 5.74) is 2.47. The summed E-state index contributed by atoms with van der Waals surface area (Å²) in [7, 11) is -9.28. The zero-order valence-electron chi connectivity index (χ0n) is 37.1. The first-order chi connectivity index (χ1) is 24.8. The molecule has 0 bridgehead atoms. The number of esters is 3. The Morgan fingerprint density at radius 2 is 1.07 bits per heavy atom. The van der Waals surface area contributed by atoms with Crippen molar-refractivity contribution in [3.63, 3.8) is 0 Å². The highest BCUT2D eigenvalue weighted by Gasteiger charge is 2.53. The summed E-state index contributed by atoms with van der Waals surface area (Å²) < 4.78 is 40.5. The van der Waals surface area contributed by atoms with Gasteiger partial charge in [-0.05, 0) is 116 Å². The largest absolute Gasteiger partial charge is 0.647 e. The van der Waals surface area contributed by atoms with Crippen LogP contribution in [0.15, 0.2) is 79.4 Å². The second kappa shape index (κ2) is 24.8. The van der Waals surface area contributed by atoms with Crippen molar-refractivity contribution in [2.75, 3.05) is 19.8 Å². The number of ether oxygens (including phenoxy) is 3. The van der Waals surface area contributed by atoms with Crippen molar-refractivity contribution >= 4 is 51.9 Å². The van der Waals surface area contributed by atoms with Gasteiger partial charge in [0.05, 0.1) is 13.2 Å². The number of benzene rings is 1. The average molecular weight is 839 g/mol.